The Morgan fingerprint density at radius 2 is 1.13 bits per heavy atom. The molecule has 0 N–H and O–H groups in total. The molecule has 2 nitrogen and oxygen atoms in total. The molecule has 6 rings (SSSR count). The van der Waals surface area contributed by atoms with E-state index in [1.165, 1.54) is 22.3 Å². The van der Waals surface area contributed by atoms with Gasteiger partial charge in [-0.1, -0.05) is 78.9 Å². The molecule has 0 unspecified atom stereocenters. The van der Waals surface area contributed by atoms with Gasteiger partial charge in [-0.25, -0.2) is 0 Å². The van der Waals surface area contributed by atoms with Crippen LogP contribution in [0, 0.1) is 12.1 Å². The van der Waals surface area contributed by atoms with E-state index in [2.05, 4.69) is 76.7 Å². The number of rotatable bonds is 5. The van der Waals surface area contributed by atoms with E-state index in [-0.39, 0.29) is 20.1 Å². The summed E-state index contributed by atoms with van der Waals surface area (Å²) < 4.78 is 0. The molecule has 0 fully saturated rings. The van der Waals surface area contributed by atoms with Crippen molar-refractivity contribution in [3.63, 3.8) is 0 Å². The predicted octanol–water partition coefficient (Wildman–Crippen LogP) is 8.35. The molecule has 2 heterocycles. The molecule has 38 heavy (non-hydrogen) atoms. The molecule has 0 aliphatic rings. The van der Waals surface area contributed by atoms with Crippen LogP contribution in [-0.4, -0.2) is 9.97 Å². The van der Waals surface area contributed by atoms with Gasteiger partial charge in [-0.15, -0.1) is 71.8 Å². The van der Waals surface area contributed by atoms with Crippen molar-refractivity contribution in [1.29, 1.82) is 0 Å². The first-order valence-electron chi connectivity index (χ1n) is 12.3. The average molecular weight is 667 g/mol. The van der Waals surface area contributed by atoms with E-state index < -0.39 is 0 Å². The van der Waals surface area contributed by atoms with Gasteiger partial charge in [0.25, 0.3) is 0 Å². The number of benzene rings is 4. The Morgan fingerprint density at radius 1 is 0.500 bits per heavy atom. The summed E-state index contributed by atoms with van der Waals surface area (Å²) in [5.74, 6) is 0. The molecule has 3 heteroatoms. The summed E-state index contributed by atoms with van der Waals surface area (Å²) in [5.41, 5.74) is 8.91. The first-order valence-corrected chi connectivity index (χ1v) is 12.3. The molecular weight excluding hydrogens is 641 g/mol. The summed E-state index contributed by atoms with van der Waals surface area (Å²) in [4.78, 5) is 8.92. The molecule has 187 valence electrons. The normalized spacial score (nSPS) is 10.0. The monoisotopic (exact) mass is 667 g/mol. The SMILES string of the molecule is [Ir].[c-]1ccccc1-c1cc(-c2ccccc2)ccn1.[c-]1ccccc1-c1ccc(Cc2ccccc2)cn1. The van der Waals surface area contributed by atoms with E-state index in [1.807, 2.05) is 91.3 Å². The summed E-state index contributed by atoms with van der Waals surface area (Å²) in [6, 6.07) is 51.3. The molecular formula is C35H26IrN2-2. The van der Waals surface area contributed by atoms with Crippen molar-refractivity contribution < 1.29 is 20.1 Å². The number of hydrogen-bond acceptors (Lipinski definition) is 2. The molecule has 0 atom stereocenters. The second-order valence-corrected chi connectivity index (χ2v) is 8.56. The Kier molecular flexibility index (Phi) is 9.87. The molecule has 1 radical (unpaired) electrons. The van der Waals surface area contributed by atoms with E-state index in [0.29, 0.717) is 0 Å². The number of aromatic nitrogens is 2. The van der Waals surface area contributed by atoms with Crippen LogP contribution in [-0.2, 0) is 26.5 Å². The van der Waals surface area contributed by atoms with Crippen molar-refractivity contribution in [1.82, 2.24) is 9.97 Å². The standard InChI is InChI=1S/C18H14N.C17H12N.Ir/c1-3-7-15(8-4-1)13-16-11-12-18(19-14-16)17-9-5-2-6-10-17;1-3-7-14(8-4-1)16-11-12-18-17(13-16)15-9-5-2-6-10-15;/h1-9,11-12,14H,13H2;1-9,11-13H;/q2*-1;. The maximum absolute atomic E-state index is 4.51. The number of hydrogen-bond donors (Lipinski definition) is 0. The van der Waals surface area contributed by atoms with Crippen LogP contribution in [0.4, 0.5) is 0 Å². The molecule has 0 amide bonds. The molecule has 0 saturated heterocycles. The fourth-order valence-corrected chi connectivity index (χ4v) is 4.01. The minimum atomic E-state index is 0. The quantitative estimate of drug-likeness (QED) is 0.173. The Balaban J connectivity index is 0.000000173. The summed E-state index contributed by atoms with van der Waals surface area (Å²) in [7, 11) is 0. The van der Waals surface area contributed by atoms with Crippen LogP contribution < -0.4 is 0 Å². The summed E-state index contributed by atoms with van der Waals surface area (Å²) in [6.45, 7) is 0. The second-order valence-electron chi connectivity index (χ2n) is 8.56. The third-order valence-corrected chi connectivity index (χ3v) is 5.91. The Morgan fingerprint density at radius 3 is 1.74 bits per heavy atom. The predicted molar refractivity (Wildman–Crippen MR) is 152 cm³/mol. The van der Waals surface area contributed by atoms with Gasteiger partial charge in [-0.2, -0.15) is 0 Å². The fourth-order valence-electron chi connectivity index (χ4n) is 4.01. The Hall–Kier alpha value is -4.17. The van der Waals surface area contributed by atoms with Gasteiger partial charge >= 0.3 is 0 Å². The van der Waals surface area contributed by atoms with E-state index in [0.717, 1.165) is 28.9 Å². The van der Waals surface area contributed by atoms with Gasteiger partial charge in [0, 0.05) is 32.5 Å². The fraction of sp³-hybridized carbons (Fsp3) is 0.0286. The van der Waals surface area contributed by atoms with Gasteiger partial charge in [0.1, 0.15) is 0 Å². The smallest absolute Gasteiger partial charge is 0.0196 e. The maximum Gasteiger partial charge on any atom is 0.0196 e. The molecule has 0 aliphatic heterocycles. The minimum Gasteiger partial charge on any atom is -0.305 e. The molecule has 6 aromatic rings. The van der Waals surface area contributed by atoms with Gasteiger partial charge in [0.05, 0.1) is 0 Å². The van der Waals surface area contributed by atoms with Crippen LogP contribution in [0.3, 0.4) is 0 Å². The zero-order chi connectivity index (χ0) is 25.1. The van der Waals surface area contributed by atoms with Gasteiger partial charge in [0.15, 0.2) is 0 Å². The maximum atomic E-state index is 4.51. The largest absolute Gasteiger partial charge is 0.305 e. The molecule has 0 spiro atoms. The molecule has 4 aromatic carbocycles. The Labute approximate surface area is 238 Å². The average Bonchev–Trinajstić information content (AvgIpc) is 3.00. The first kappa shape index (κ1) is 26.9. The Bertz CT molecular complexity index is 1450. The van der Waals surface area contributed by atoms with Crippen molar-refractivity contribution >= 4 is 0 Å². The van der Waals surface area contributed by atoms with Crippen molar-refractivity contribution in [2.45, 2.75) is 6.42 Å². The van der Waals surface area contributed by atoms with Crippen molar-refractivity contribution in [3.05, 3.63) is 169 Å². The van der Waals surface area contributed by atoms with Crippen molar-refractivity contribution in [3.8, 4) is 33.6 Å². The minimum absolute atomic E-state index is 0. The molecule has 2 aromatic heterocycles. The van der Waals surface area contributed by atoms with E-state index in [9.17, 15) is 0 Å². The van der Waals surface area contributed by atoms with Crippen LogP contribution in [0.15, 0.2) is 146 Å². The van der Waals surface area contributed by atoms with Gasteiger partial charge < -0.3 is 9.97 Å². The number of pyridine rings is 2. The molecule has 0 bridgehead atoms. The second kappa shape index (κ2) is 13.9. The van der Waals surface area contributed by atoms with Crippen molar-refractivity contribution in [2.75, 3.05) is 0 Å². The summed E-state index contributed by atoms with van der Waals surface area (Å²) in [6.07, 6.45) is 4.72. The zero-order valence-electron chi connectivity index (χ0n) is 20.8. The van der Waals surface area contributed by atoms with Crippen LogP contribution in [0.2, 0.25) is 0 Å². The van der Waals surface area contributed by atoms with Gasteiger partial charge in [-0.05, 0) is 46.1 Å². The topological polar surface area (TPSA) is 25.8 Å². The molecule has 0 saturated carbocycles. The van der Waals surface area contributed by atoms with Crippen molar-refractivity contribution in [2.24, 2.45) is 0 Å². The zero-order valence-corrected chi connectivity index (χ0v) is 23.2. The third-order valence-electron chi connectivity index (χ3n) is 5.91. The van der Waals surface area contributed by atoms with Crippen LogP contribution >= 0.6 is 0 Å². The van der Waals surface area contributed by atoms with E-state index in [1.54, 1.807) is 0 Å². The van der Waals surface area contributed by atoms with Crippen LogP contribution in [0.1, 0.15) is 11.1 Å². The van der Waals surface area contributed by atoms with Gasteiger partial charge in [-0.3, -0.25) is 0 Å². The summed E-state index contributed by atoms with van der Waals surface area (Å²) >= 11 is 0. The summed E-state index contributed by atoms with van der Waals surface area (Å²) in [5, 5.41) is 0. The molecule has 0 aliphatic carbocycles. The van der Waals surface area contributed by atoms with Crippen LogP contribution in [0.5, 0.6) is 0 Å². The first-order chi connectivity index (χ1) is 18.3. The van der Waals surface area contributed by atoms with Crippen LogP contribution in [0.25, 0.3) is 33.6 Å². The van der Waals surface area contributed by atoms with Gasteiger partial charge in [0.2, 0.25) is 0 Å². The number of nitrogens with zero attached hydrogens (tertiary/aromatic N) is 2. The van der Waals surface area contributed by atoms with E-state index in [4.69, 9.17) is 0 Å². The van der Waals surface area contributed by atoms with E-state index >= 15 is 0 Å². The third kappa shape index (κ3) is 7.43.